The van der Waals surface area contributed by atoms with Crippen molar-refractivity contribution in [3.05, 3.63) is 60.2 Å². The molecular formula is C17H13N5O2. The standard InChI is InChI=1S/C17H13N5O2/c18-10-16(11-19)22-21-15-8-4-7-14(9-15)20-17(23)24-12-13-5-2-1-3-6-13/h1-9,21H,12H2,(H,20,23). The lowest BCUT2D eigenvalue weighted by Crippen LogP contribution is -2.13. The molecule has 0 aromatic heterocycles. The number of anilines is 2. The number of hydrogen-bond donors (Lipinski definition) is 2. The van der Waals surface area contributed by atoms with Crippen LogP contribution < -0.4 is 10.7 Å². The van der Waals surface area contributed by atoms with Crippen LogP contribution in [0.3, 0.4) is 0 Å². The van der Waals surface area contributed by atoms with E-state index in [2.05, 4.69) is 15.8 Å². The number of benzene rings is 2. The number of carbonyl (C=O) groups is 1. The quantitative estimate of drug-likeness (QED) is 0.649. The Hall–Kier alpha value is -3.84. The lowest BCUT2D eigenvalue weighted by Gasteiger charge is -2.08. The Kier molecular flexibility index (Phi) is 5.90. The maximum atomic E-state index is 11.8. The number of nitrogens with zero attached hydrogens (tertiary/aromatic N) is 3. The van der Waals surface area contributed by atoms with E-state index >= 15 is 0 Å². The van der Waals surface area contributed by atoms with Crippen molar-refractivity contribution in [1.82, 2.24) is 0 Å². The third-order valence-electron chi connectivity index (χ3n) is 2.83. The van der Waals surface area contributed by atoms with E-state index in [0.29, 0.717) is 11.4 Å². The van der Waals surface area contributed by atoms with Gasteiger partial charge in [0.1, 0.15) is 18.7 Å². The third-order valence-corrected chi connectivity index (χ3v) is 2.83. The molecule has 0 atom stereocenters. The first-order valence-corrected chi connectivity index (χ1v) is 6.93. The molecule has 0 aliphatic rings. The molecule has 2 aromatic rings. The van der Waals surface area contributed by atoms with Crippen LogP contribution >= 0.6 is 0 Å². The Labute approximate surface area is 138 Å². The summed E-state index contributed by atoms with van der Waals surface area (Å²) in [4.78, 5) is 11.8. The molecule has 0 aliphatic carbocycles. The van der Waals surface area contributed by atoms with E-state index in [0.717, 1.165) is 5.56 Å². The topological polar surface area (TPSA) is 110 Å². The average Bonchev–Trinajstić information content (AvgIpc) is 2.62. The second kappa shape index (κ2) is 8.57. The highest BCUT2D eigenvalue weighted by molar-refractivity contribution is 6.10. The number of carbonyl (C=O) groups excluding carboxylic acids is 1. The fourth-order valence-electron chi connectivity index (χ4n) is 1.74. The van der Waals surface area contributed by atoms with Gasteiger partial charge in [-0.2, -0.15) is 15.6 Å². The molecule has 0 radical (unpaired) electrons. The van der Waals surface area contributed by atoms with Crippen LogP contribution in [0.2, 0.25) is 0 Å². The molecule has 1 amide bonds. The molecule has 118 valence electrons. The minimum absolute atomic E-state index is 0.169. The van der Waals surface area contributed by atoms with Gasteiger partial charge < -0.3 is 4.74 Å². The molecule has 2 N–H and O–H groups in total. The first-order valence-electron chi connectivity index (χ1n) is 6.93. The van der Waals surface area contributed by atoms with E-state index in [1.54, 1.807) is 36.4 Å². The highest BCUT2D eigenvalue weighted by Gasteiger charge is 2.04. The molecule has 2 aromatic carbocycles. The highest BCUT2D eigenvalue weighted by Crippen LogP contribution is 2.15. The van der Waals surface area contributed by atoms with Gasteiger partial charge in [0.2, 0.25) is 5.71 Å². The van der Waals surface area contributed by atoms with Gasteiger partial charge in [0.25, 0.3) is 0 Å². The summed E-state index contributed by atoms with van der Waals surface area (Å²) in [6, 6.07) is 19.2. The summed E-state index contributed by atoms with van der Waals surface area (Å²) < 4.78 is 5.12. The van der Waals surface area contributed by atoms with Crippen LogP contribution in [0, 0.1) is 22.7 Å². The highest BCUT2D eigenvalue weighted by atomic mass is 16.5. The van der Waals surface area contributed by atoms with Crippen LogP contribution in [0.15, 0.2) is 59.7 Å². The molecule has 0 heterocycles. The van der Waals surface area contributed by atoms with Crippen molar-refractivity contribution < 1.29 is 9.53 Å². The minimum Gasteiger partial charge on any atom is -0.444 e. The number of hydrazone groups is 1. The molecule has 0 saturated heterocycles. The van der Waals surface area contributed by atoms with Gasteiger partial charge in [0, 0.05) is 5.69 Å². The molecule has 0 spiro atoms. The van der Waals surface area contributed by atoms with Gasteiger partial charge in [-0.25, -0.2) is 4.79 Å². The Balaban J connectivity index is 1.92. The van der Waals surface area contributed by atoms with Crippen LogP contribution in [0.5, 0.6) is 0 Å². The molecule has 2 rings (SSSR count). The summed E-state index contributed by atoms with van der Waals surface area (Å²) in [7, 11) is 0. The number of ether oxygens (including phenoxy) is 1. The number of nitrogens with one attached hydrogen (secondary N) is 2. The first-order chi connectivity index (χ1) is 11.7. The summed E-state index contributed by atoms with van der Waals surface area (Å²) in [5, 5.41) is 23.4. The molecule has 0 fully saturated rings. The largest absolute Gasteiger partial charge is 0.444 e. The van der Waals surface area contributed by atoms with Crippen LogP contribution in [0.25, 0.3) is 0 Å². The van der Waals surface area contributed by atoms with Gasteiger partial charge in [0.05, 0.1) is 5.69 Å². The first kappa shape index (κ1) is 16.5. The number of amides is 1. The van der Waals surface area contributed by atoms with E-state index in [4.69, 9.17) is 15.3 Å². The Morgan fingerprint density at radius 1 is 1.04 bits per heavy atom. The third kappa shape index (κ3) is 5.17. The predicted molar refractivity (Wildman–Crippen MR) is 89.0 cm³/mol. The van der Waals surface area contributed by atoms with Crippen molar-refractivity contribution >= 4 is 23.2 Å². The van der Waals surface area contributed by atoms with Crippen molar-refractivity contribution in [2.75, 3.05) is 10.7 Å². The van der Waals surface area contributed by atoms with Crippen LogP contribution in [-0.4, -0.2) is 11.8 Å². The molecule has 0 aliphatic heterocycles. The van der Waals surface area contributed by atoms with Gasteiger partial charge in [-0.3, -0.25) is 10.7 Å². The fourth-order valence-corrected chi connectivity index (χ4v) is 1.74. The average molecular weight is 319 g/mol. The molecular weight excluding hydrogens is 306 g/mol. The summed E-state index contributed by atoms with van der Waals surface area (Å²) in [6.45, 7) is 0.169. The van der Waals surface area contributed by atoms with E-state index in [-0.39, 0.29) is 12.3 Å². The van der Waals surface area contributed by atoms with Crippen molar-refractivity contribution in [2.24, 2.45) is 5.10 Å². The van der Waals surface area contributed by atoms with E-state index < -0.39 is 6.09 Å². The lowest BCUT2D eigenvalue weighted by molar-refractivity contribution is 0.155. The fraction of sp³-hybridized carbons (Fsp3) is 0.0588. The Morgan fingerprint density at radius 3 is 2.46 bits per heavy atom. The Bertz CT molecular complexity index is 803. The van der Waals surface area contributed by atoms with Gasteiger partial charge in [0.15, 0.2) is 0 Å². The van der Waals surface area contributed by atoms with Crippen LogP contribution in [0.4, 0.5) is 16.2 Å². The summed E-state index contributed by atoms with van der Waals surface area (Å²) in [5.41, 5.74) is 4.16. The minimum atomic E-state index is -0.589. The predicted octanol–water partition coefficient (Wildman–Crippen LogP) is 3.25. The number of hydrogen-bond acceptors (Lipinski definition) is 6. The molecule has 0 saturated carbocycles. The van der Waals surface area contributed by atoms with Gasteiger partial charge in [-0.15, -0.1) is 0 Å². The van der Waals surface area contributed by atoms with Crippen molar-refractivity contribution in [1.29, 1.82) is 10.5 Å². The van der Waals surface area contributed by atoms with E-state index in [1.165, 1.54) is 0 Å². The van der Waals surface area contributed by atoms with Gasteiger partial charge in [-0.05, 0) is 23.8 Å². The molecule has 0 unspecified atom stereocenters. The molecule has 0 bridgehead atoms. The maximum absolute atomic E-state index is 11.8. The zero-order valence-corrected chi connectivity index (χ0v) is 12.6. The summed E-state index contributed by atoms with van der Waals surface area (Å²) in [6.07, 6.45) is -0.589. The van der Waals surface area contributed by atoms with E-state index in [1.807, 2.05) is 30.3 Å². The van der Waals surface area contributed by atoms with Crippen LogP contribution in [0.1, 0.15) is 5.56 Å². The molecule has 7 heteroatoms. The van der Waals surface area contributed by atoms with Gasteiger partial charge >= 0.3 is 6.09 Å². The van der Waals surface area contributed by atoms with Crippen molar-refractivity contribution in [2.45, 2.75) is 6.61 Å². The summed E-state index contributed by atoms with van der Waals surface area (Å²) >= 11 is 0. The molecule has 7 nitrogen and oxygen atoms in total. The monoisotopic (exact) mass is 319 g/mol. The number of nitriles is 2. The SMILES string of the molecule is N#CC(C#N)=NNc1cccc(NC(=O)OCc2ccccc2)c1. The van der Waals surface area contributed by atoms with Crippen molar-refractivity contribution in [3.63, 3.8) is 0 Å². The smallest absolute Gasteiger partial charge is 0.411 e. The van der Waals surface area contributed by atoms with E-state index in [9.17, 15) is 4.79 Å². The second-order valence-electron chi connectivity index (χ2n) is 4.56. The normalized spacial score (nSPS) is 9.08. The molecule has 24 heavy (non-hydrogen) atoms. The zero-order valence-electron chi connectivity index (χ0n) is 12.6. The Morgan fingerprint density at radius 2 is 1.75 bits per heavy atom. The maximum Gasteiger partial charge on any atom is 0.411 e. The van der Waals surface area contributed by atoms with Crippen LogP contribution in [-0.2, 0) is 11.3 Å². The second-order valence-corrected chi connectivity index (χ2v) is 4.56. The van der Waals surface area contributed by atoms with Crippen molar-refractivity contribution in [3.8, 4) is 12.1 Å². The zero-order chi connectivity index (χ0) is 17.2. The summed E-state index contributed by atoms with van der Waals surface area (Å²) in [5.74, 6) is 0. The lowest BCUT2D eigenvalue weighted by atomic mass is 10.2. The number of rotatable bonds is 5. The van der Waals surface area contributed by atoms with Gasteiger partial charge in [-0.1, -0.05) is 36.4 Å².